The summed E-state index contributed by atoms with van der Waals surface area (Å²) in [6.45, 7) is 4.08. The summed E-state index contributed by atoms with van der Waals surface area (Å²) in [6, 6.07) is 8.98. The molecule has 2 heterocycles. The van der Waals surface area contributed by atoms with Crippen LogP contribution in [-0.2, 0) is 0 Å². The highest BCUT2D eigenvalue weighted by Crippen LogP contribution is 2.27. The number of nitrogens with zero attached hydrogens (tertiary/aromatic N) is 2. The number of likely N-dealkylation sites (tertiary alicyclic amines) is 1. The Labute approximate surface area is 147 Å². The molecule has 0 unspecified atom stereocenters. The number of piperidine rings is 1. The van der Waals surface area contributed by atoms with Gasteiger partial charge in [0.05, 0.1) is 0 Å². The standard InChI is InChI=1S/C19H24N4O2/c1-2-9-20-18(24)15-4-3-5-16(13-15)19(25)23-11-7-14(8-12-23)17-6-10-21-22-17/h3-6,10,13-14H,2,7-9,11-12H2,1H3,(H,20,24)(H,21,22). The molecule has 0 bridgehead atoms. The number of hydrogen-bond donors (Lipinski definition) is 2. The van der Waals surface area contributed by atoms with Crippen LogP contribution < -0.4 is 5.32 Å². The normalized spacial score (nSPS) is 15.2. The van der Waals surface area contributed by atoms with Crippen LogP contribution in [0.3, 0.4) is 0 Å². The molecule has 0 atom stereocenters. The Balaban J connectivity index is 1.62. The molecule has 0 aliphatic carbocycles. The van der Waals surface area contributed by atoms with E-state index < -0.39 is 0 Å². The molecule has 132 valence electrons. The lowest BCUT2D eigenvalue weighted by atomic mass is 9.93. The monoisotopic (exact) mass is 340 g/mol. The Hall–Kier alpha value is -2.63. The van der Waals surface area contributed by atoms with Crippen molar-refractivity contribution in [1.29, 1.82) is 0 Å². The fourth-order valence-corrected chi connectivity index (χ4v) is 3.20. The molecule has 1 fully saturated rings. The number of amides is 2. The number of nitrogens with one attached hydrogen (secondary N) is 2. The minimum atomic E-state index is -0.130. The van der Waals surface area contributed by atoms with Gasteiger partial charge in [0.2, 0.25) is 0 Å². The minimum absolute atomic E-state index is 0.00629. The van der Waals surface area contributed by atoms with Gasteiger partial charge in [0.1, 0.15) is 0 Å². The fraction of sp³-hybridized carbons (Fsp3) is 0.421. The largest absolute Gasteiger partial charge is 0.352 e. The van der Waals surface area contributed by atoms with Crippen molar-refractivity contribution in [2.75, 3.05) is 19.6 Å². The van der Waals surface area contributed by atoms with Gasteiger partial charge >= 0.3 is 0 Å². The second kappa shape index (κ2) is 7.96. The molecule has 0 spiro atoms. The van der Waals surface area contributed by atoms with Crippen molar-refractivity contribution in [2.24, 2.45) is 0 Å². The van der Waals surface area contributed by atoms with Gasteiger partial charge in [-0.2, -0.15) is 5.10 Å². The van der Waals surface area contributed by atoms with Gasteiger partial charge in [-0.05, 0) is 43.5 Å². The summed E-state index contributed by atoms with van der Waals surface area (Å²) in [5.41, 5.74) is 2.25. The Morgan fingerprint density at radius 1 is 1.24 bits per heavy atom. The molecular formula is C19H24N4O2. The quantitative estimate of drug-likeness (QED) is 0.878. The Bertz CT molecular complexity index is 719. The van der Waals surface area contributed by atoms with E-state index in [1.54, 1.807) is 30.5 Å². The smallest absolute Gasteiger partial charge is 0.253 e. The number of hydrogen-bond acceptors (Lipinski definition) is 3. The SMILES string of the molecule is CCCNC(=O)c1cccc(C(=O)N2CCC(c3ccn[nH]3)CC2)c1. The second-order valence-electron chi connectivity index (χ2n) is 6.42. The summed E-state index contributed by atoms with van der Waals surface area (Å²) >= 11 is 0. The van der Waals surface area contributed by atoms with Crippen molar-refractivity contribution >= 4 is 11.8 Å². The molecule has 6 nitrogen and oxygen atoms in total. The first-order chi connectivity index (χ1) is 12.2. The van der Waals surface area contributed by atoms with Gasteiger partial charge in [-0.3, -0.25) is 14.7 Å². The molecular weight excluding hydrogens is 316 g/mol. The molecule has 25 heavy (non-hydrogen) atoms. The maximum absolute atomic E-state index is 12.8. The van der Waals surface area contributed by atoms with E-state index in [2.05, 4.69) is 15.5 Å². The lowest BCUT2D eigenvalue weighted by molar-refractivity contribution is 0.0712. The second-order valence-corrected chi connectivity index (χ2v) is 6.42. The molecule has 1 aliphatic heterocycles. The number of benzene rings is 1. The molecule has 1 aliphatic rings. The van der Waals surface area contributed by atoms with Gasteiger partial charge in [0, 0.05) is 48.6 Å². The number of aromatic nitrogens is 2. The predicted octanol–water partition coefficient (Wildman–Crippen LogP) is 2.57. The van der Waals surface area contributed by atoms with E-state index in [0.717, 1.165) is 38.0 Å². The van der Waals surface area contributed by atoms with Crippen LogP contribution in [0.2, 0.25) is 0 Å². The highest BCUT2D eigenvalue weighted by molar-refractivity contribution is 5.99. The summed E-state index contributed by atoms with van der Waals surface area (Å²) in [5, 5.41) is 9.87. The third-order valence-electron chi connectivity index (χ3n) is 4.65. The van der Waals surface area contributed by atoms with Crippen molar-refractivity contribution in [3.05, 3.63) is 53.3 Å². The first-order valence-electron chi connectivity index (χ1n) is 8.86. The van der Waals surface area contributed by atoms with Gasteiger partial charge in [0.25, 0.3) is 11.8 Å². The van der Waals surface area contributed by atoms with Crippen LogP contribution in [0.4, 0.5) is 0 Å². The summed E-state index contributed by atoms with van der Waals surface area (Å²) in [6.07, 6.45) is 4.49. The van der Waals surface area contributed by atoms with E-state index >= 15 is 0 Å². The first-order valence-corrected chi connectivity index (χ1v) is 8.86. The number of aromatic amines is 1. The highest BCUT2D eigenvalue weighted by Gasteiger charge is 2.25. The average molecular weight is 340 g/mol. The minimum Gasteiger partial charge on any atom is -0.352 e. The zero-order valence-electron chi connectivity index (χ0n) is 14.5. The van der Waals surface area contributed by atoms with Gasteiger partial charge in [0.15, 0.2) is 0 Å². The topological polar surface area (TPSA) is 78.1 Å². The van der Waals surface area contributed by atoms with Gasteiger partial charge < -0.3 is 10.2 Å². The first kappa shape index (κ1) is 17.2. The van der Waals surface area contributed by atoms with Crippen LogP contribution in [0.25, 0.3) is 0 Å². The number of rotatable bonds is 5. The molecule has 2 amide bonds. The van der Waals surface area contributed by atoms with E-state index in [1.807, 2.05) is 17.9 Å². The molecule has 2 aromatic rings. The van der Waals surface area contributed by atoms with E-state index in [1.165, 1.54) is 0 Å². The number of carbonyl (C=O) groups is 2. The predicted molar refractivity (Wildman–Crippen MR) is 95.5 cm³/mol. The van der Waals surface area contributed by atoms with Crippen molar-refractivity contribution in [1.82, 2.24) is 20.4 Å². The van der Waals surface area contributed by atoms with Crippen LogP contribution in [0, 0.1) is 0 Å². The maximum atomic E-state index is 12.8. The molecule has 0 radical (unpaired) electrons. The van der Waals surface area contributed by atoms with E-state index in [-0.39, 0.29) is 11.8 Å². The van der Waals surface area contributed by atoms with Crippen molar-refractivity contribution in [2.45, 2.75) is 32.1 Å². The third-order valence-corrected chi connectivity index (χ3v) is 4.65. The number of H-pyrrole nitrogens is 1. The summed E-state index contributed by atoms with van der Waals surface area (Å²) in [5.74, 6) is 0.292. The average Bonchev–Trinajstić information content (AvgIpc) is 3.20. The zero-order valence-corrected chi connectivity index (χ0v) is 14.5. The summed E-state index contributed by atoms with van der Waals surface area (Å²) < 4.78 is 0. The van der Waals surface area contributed by atoms with Crippen molar-refractivity contribution in [3.8, 4) is 0 Å². The summed E-state index contributed by atoms with van der Waals surface area (Å²) in [4.78, 5) is 26.7. The fourth-order valence-electron chi connectivity index (χ4n) is 3.20. The van der Waals surface area contributed by atoms with Crippen molar-refractivity contribution < 1.29 is 9.59 Å². The van der Waals surface area contributed by atoms with Crippen LogP contribution in [0.5, 0.6) is 0 Å². The molecule has 1 aromatic carbocycles. The lowest BCUT2D eigenvalue weighted by Crippen LogP contribution is -2.38. The lowest BCUT2D eigenvalue weighted by Gasteiger charge is -2.31. The molecule has 2 N–H and O–H groups in total. The van der Waals surface area contributed by atoms with Gasteiger partial charge in [-0.1, -0.05) is 13.0 Å². The Morgan fingerprint density at radius 3 is 2.68 bits per heavy atom. The van der Waals surface area contributed by atoms with Crippen LogP contribution in [0.15, 0.2) is 36.5 Å². The van der Waals surface area contributed by atoms with Crippen LogP contribution >= 0.6 is 0 Å². The molecule has 1 saturated heterocycles. The van der Waals surface area contributed by atoms with E-state index in [0.29, 0.717) is 23.6 Å². The summed E-state index contributed by atoms with van der Waals surface area (Å²) in [7, 11) is 0. The highest BCUT2D eigenvalue weighted by atomic mass is 16.2. The van der Waals surface area contributed by atoms with E-state index in [9.17, 15) is 9.59 Å². The van der Waals surface area contributed by atoms with Crippen molar-refractivity contribution in [3.63, 3.8) is 0 Å². The molecule has 3 rings (SSSR count). The third kappa shape index (κ3) is 4.07. The Morgan fingerprint density at radius 2 is 2.00 bits per heavy atom. The zero-order chi connectivity index (χ0) is 17.6. The maximum Gasteiger partial charge on any atom is 0.253 e. The van der Waals surface area contributed by atoms with E-state index in [4.69, 9.17) is 0 Å². The molecule has 0 saturated carbocycles. The van der Waals surface area contributed by atoms with Crippen LogP contribution in [-0.4, -0.2) is 46.5 Å². The van der Waals surface area contributed by atoms with Crippen LogP contribution in [0.1, 0.15) is 58.5 Å². The molecule has 6 heteroatoms. The van der Waals surface area contributed by atoms with Gasteiger partial charge in [-0.15, -0.1) is 0 Å². The Kier molecular flexibility index (Phi) is 5.48. The molecule has 1 aromatic heterocycles. The van der Waals surface area contributed by atoms with Gasteiger partial charge in [-0.25, -0.2) is 0 Å². The number of carbonyl (C=O) groups excluding carboxylic acids is 2.